The van der Waals surface area contributed by atoms with E-state index in [0.717, 1.165) is 63.9 Å². The number of hydrogen-bond donors (Lipinski definition) is 0. The molecule has 0 aliphatic carbocycles. The molecule has 5 rings (SSSR count). The van der Waals surface area contributed by atoms with Crippen LogP contribution in [0, 0.1) is 0 Å². The van der Waals surface area contributed by atoms with Crippen molar-refractivity contribution in [3.05, 3.63) is 78.9 Å². The van der Waals surface area contributed by atoms with Crippen molar-refractivity contribution in [1.82, 2.24) is 20.0 Å². The molecule has 5 aromatic rings. The molecule has 0 radical (unpaired) electrons. The molecule has 0 unspecified atom stereocenters. The van der Waals surface area contributed by atoms with Crippen molar-refractivity contribution >= 4 is 11.8 Å². The average molecular weight is 513 g/mol. The molecular formula is C29H28N4O3S. The minimum Gasteiger partial charge on any atom is -0.497 e. The van der Waals surface area contributed by atoms with Crippen molar-refractivity contribution in [3.8, 4) is 51.2 Å². The van der Waals surface area contributed by atoms with Gasteiger partial charge in [-0.3, -0.25) is 0 Å². The number of ether oxygens (including phenoxy) is 2. The van der Waals surface area contributed by atoms with E-state index in [2.05, 4.69) is 23.2 Å². The summed E-state index contributed by atoms with van der Waals surface area (Å²) in [5.41, 5.74) is 5.66. The van der Waals surface area contributed by atoms with Crippen LogP contribution >= 0.6 is 11.8 Å². The third-order valence-corrected chi connectivity index (χ3v) is 6.87. The number of hydrogen-bond acceptors (Lipinski definition) is 7. The molecule has 0 bridgehead atoms. The van der Waals surface area contributed by atoms with Crippen LogP contribution in [0.15, 0.2) is 88.5 Å². The first-order chi connectivity index (χ1) is 18.2. The smallest absolute Gasteiger partial charge is 0.276 e. The van der Waals surface area contributed by atoms with Gasteiger partial charge in [0.2, 0.25) is 5.89 Å². The summed E-state index contributed by atoms with van der Waals surface area (Å²) in [6.07, 6.45) is 2.26. The van der Waals surface area contributed by atoms with E-state index >= 15 is 0 Å². The first kappa shape index (κ1) is 24.6. The Morgan fingerprint density at radius 3 is 2.03 bits per heavy atom. The fourth-order valence-corrected chi connectivity index (χ4v) is 4.73. The Labute approximate surface area is 220 Å². The Balaban J connectivity index is 1.48. The molecular weight excluding hydrogens is 484 g/mol. The van der Waals surface area contributed by atoms with E-state index in [0.29, 0.717) is 11.1 Å². The summed E-state index contributed by atoms with van der Waals surface area (Å²) in [5, 5.41) is 14.0. The minimum absolute atomic E-state index is 0.514. The molecule has 7 nitrogen and oxygen atoms in total. The first-order valence-electron chi connectivity index (χ1n) is 12.1. The molecule has 0 amide bonds. The van der Waals surface area contributed by atoms with Gasteiger partial charge in [-0.2, -0.15) is 5.10 Å². The standard InChI is InChI=1S/C29H28N4O3S/c1-4-5-18-37-29-31-30-28(36-29)22-6-12-23(13-7-22)33-27(21-10-16-25(35-3)17-11-21)19-26(32-33)20-8-14-24(34-2)15-9-20/h6-17,19H,4-5,18H2,1-3H3. The average Bonchev–Trinajstić information content (AvgIpc) is 3.62. The van der Waals surface area contributed by atoms with Gasteiger partial charge in [0, 0.05) is 22.4 Å². The highest BCUT2D eigenvalue weighted by Crippen LogP contribution is 2.32. The van der Waals surface area contributed by atoms with Crippen molar-refractivity contribution in [2.24, 2.45) is 0 Å². The van der Waals surface area contributed by atoms with Crippen molar-refractivity contribution < 1.29 is 13.9 Å². The number of nitrogens with zero attached hydrogens (tertiary/aromatic N) is 4. The Hall–Kier alpha value is -4.04. The summed E-state index contributed by atoms with van der Waals surface area (Å²) in [6, 6.07) is 26.0. The fourth-order valence-electron chi connectivity index (χ4n) is 3.88. The molecule has 0 spiro atoms. The lowest BCUT2D eigenvalue weighted by atomic mass is 10.1. The molecule has 0 N–H and O–H groups in total. The summed E-state index contributed by atoms with van der Waals surface area (Å²) in [5.74, 6) is 3.10. The summed E-state index contributed by atoms with van der Waals surface area (Å²) < 4.78 is 18.5. The zero-order valence-corrected chi connectivity index (χ0v) is 21.9. The predicted octanol–water partition coefficient (Wildman–Crippen LogP) is 7.17. The van der Waals surface area contributed by atoms with Gasteiger partial charge in [0.15, 0.2) is 0 Å². The lowest BCUT2D eigenvalue weighted by Crippen LogP contribution is -1.99. The molecule has 188 valence electrons. The Bertz CT molecular complexity index is 1440. The minimum atomic E-state index is 0.514. The molecule has 0 aliphatic heterocycles. The van der Waals surface area contributed by atoms with E-state index in [4.69, 9.17) is 19.0 Å². The largest absolute Gasteiger partial charge is 0.497 e. The van der Waals surface area contributed by atoms with E-state index in [-0.39, 0.29) is 0 Å². The second-order valence-corrected chi connectivity index (χ2v) is 9.45. The molecule has 0 aliphatic rings. The molecule has 0 fully saturated rings. The lowest BCUT2D eigenvalue weighted by molar-refractivity contribution is 0.414. The zero-order valence-electron chi connectivity index (χ0n) is 21.0. The van der Waals surface area contributed by atoms with Gasteiger partial charge >= 0.3 is 0 Å². The van der Waals surface area contributed by atoms with Crippen LogP contribution in [0.4, 0.5) is 0 Å². The fraction of sp³-hybridized carbons (Fsp3) is 0.207. The van der Waals surface area contributed by atoms with Crippen molar-refractivity contribution in [3.63, 3.8) is 0 Å². The maximum absolute atomic E-state index is 5.85. The van der Waals surface area contributed by atoms with Crippen LogP contribution in [0.5, 0.6) is 11.5 Å². The summed E-state index contributed by atoms with van der Waals surface area (Å²) in [4.78, 5) is 0. The highest BCUT2D eigenvalue weighted by Gasteiger charge is 2.15. The monoisotopic (exact) mass is 512 g/mol. The molecule has 3 aromatic carbocycles. The van der Waals surface area contributed by atoms with E-state index in [1.54, 1.807) is 26.0 Å². The highest BCUT2D eigenvalue weighted by molar-refractivity contribution is 7.99. The first-order valence-corrected chi connectivity index (χ1v) is 13.1. The lowest BCUT2D eigenvalue weighted by Gasteiger charge is -2.09. The highest BCUT2D eigenvalue weighted by atomic mass is 32.2. The van der Waals surface area contributed by atoms with E-state index in [9.17, 15) is 0 Å². The van der Waals surface area contributed by atoms with Crippen molar-refractivity contribution in [2.45, 2.75) is 25.0 Å². The Kier molecular flexibility index (Phi) is 7.56. The van der Waals surface area contributed by atoms with Gasteiger partial charge in [0.1, 0.15) is 11.5 Å². The van der Waals surface area contributed by atoms with Gasteiger partial charge in [-0.15, -0.1) is 10.2 Å². The van der Waals surface area contributed by atoms with E-state index in [1.807, 2.05) is 77.5 Å². The van der Waals surface area contributed by atoms with Crippen LogP contribution < -0.4 is 9.47 Å². The summed E-state index contributed by atoms with van der Waals surface area (Å²) in [6.45, 7) is 2.17. The van der Waals surface area contributed by atoms with Crippen molar-refractivity contribution in [2.75, 3.05) is 20.0 Å². The normalized spacial score (nSPS) is 11.0. The third kappa shape index (κ3) is 5.54. The quantitative estimate of drug-likeness (QED) is 0.145. The molecule has 0 saturated carbocycles. The second-order valence-electron chi connectivity index (χ2n) is 8.41. The van der Waals surface area contributed by atoms with Crippen LogP contribution in [0.25, 0.3) is 39.7 Å². The van der Waals surface area contributed by atoms with Gasteiger partial charge in [0.25, 0.3) is 5.22 Å². The second kappa shape index (κ2) is 11.3. The predicted molar refractivity (Wildman–Crippen MR) is 146 cm³/mol. The van der Waals surface area contributed by atoms with Crippen LogP contribution in [-0.4, -0.2) is 40.0 Å². The van der Waals surface area contributed by atoms with Crippen LogP contribution in [-0.2, 0) is 0 Å². The van der Waals surface area contributed by atoms with Gasteiger partial charge in [-0.25, -0.2) is 4.68 Å². The Morgan fingerprint density at radius 2 is 1.41 bits per heavy atom. The molecule has 8 heteroatoms. The molecule has 2 heterocycles. The van der Waals surface area contributed by atoms with Gasteiger partial charge in [-0.05, 0) is 85.3 Å². The Morgan fingerprint density at radius 1 is 0.784 bits per heavy atom. The number of methoxy groups -OCH3 is 2. The third-order valence-electron chi connectivity index (χ3n) is 5.97. The van der Waals surface area contributed by atoms with E-state index in [1.165, 1.54) is 0 Å². The number of rotatable bonds is 10. The van der Waals surface area contributed by atoms with Gasteiger partial charge < -0.3 is 13.9 Å². The molecule has 0 saturated heterocycles. The van der Waals surface area contributed by atoms with Crippen LogP contribution in [0.3, 0.4) is 0 Å². The van der Waals surface area contributed by atoms with Crippen LogP contribution in [0.1, 0.15) is 19.8 Å². The van der Waals surface area contributed by atoms with Crippen molar-refractivity contribution in [1.29, 1.82) is 0 Å². The number of thioether (sulfide) groups is 1. The molecule has 0 atom stereocenters. The number of benzene rings is 3. The van der Waals surface area contributed by atoms with Gasteiger partial charge in [0.05, 0.1) is 31.3 Å². The van der Waals surface area contributed by atoms with E-state index < -0.39 is 0 Å². The topological polar surface area (TPSA) is 75.2 Å². The number of aromatic nitrogens is 4. The summed E-state index contributed by atoms with van der Waals surface area (Å²) >= 11 is 1.59. The van der Waals surface area contributed by atoms with Gasteiger partial charge in [-0.1, -0.05) is 25.1 Å². The molecule has 2 aromatic heterocycles. The molecule has 37 heavy (non-hydrogen) atoms. The SMILES string of the molecule is CCCCSc1nnc(-c2ccc(-n3nc(-c4ccc(OC)cc4)cc3-c3ccc(OC)cc3)cc2)o1. The van der Waals surface area contributed by atoms with Crippen LogP contribution in [0.2, 0.25) is 0 Å². The maximum atomic E-state index is 5.85. The summed E-state index contributed by atoms with van der Waals surface area (Å²) in [7, 11) is 3.33. The maximum Gasteiger partial charge on any atom is 0.276 e. The zero-order chi connectivity index (χ0) is 25.6. The number of unbranched alkanes of at least 4 members (excludes halogenated alkanes) is 1.